The molecule has 0 saturated carbocycles. The topological polar surface area (TPSA) is 34.9 Å². The molecule has 2 aromatic heterocycles. The number of aryl methyl sites for hydroxylation is 1. The molecule has 4 aromatic rings. The van der Waals surface area contributed by atoms with Gasteiger partial charge < -0.3 is 0 Å². The van der Waals surface area contributed by atoms with Gasteiger partial charge in [0.05, 0.1) is 5.39 Å². The molecule has 0 aliphatic carbocycles. The Labute approximate surface area is 186 Å². The number of fused-ring (bicyclic) bond motifs is 1. The minimum absolute atomic E-state index is 0.126. The average molecular weight is 457 g/mol. The zero-order chi connectivity index (χ0) is 21.3. The molecule has 30 heavy (non-hydrogen) atoms. The van der Waals surface area contributed by atoms with Crippen LogP contribution >= 0.6 is 34.7 Å². The molecule has 2 heterocycles. The summed E-state index contributed by atoms with van der Waals surface area (Å²) < 4.78 is 15.7. The first kappa shape index (κ1) is 20.8. The average Bonchev–Trinajstić information content (AvgIpc) is 3.15. The minimum atomic E-state index is -0.369. The second-order valence-corrected chi connectivity index (χ2v) is 8.99. The van der Waals surface area contributed by atoms with E-state index in [1.807, 2.05) is 36.6 Å². The maximum Gasteiger partial charge on any atom is 0.263 e. The van der Waals surface area contributed by atoms with E-state index in [9.17, 15) is 9.18 Å². The van der Waals surface area contributed by atoms with Crippen LogP contribution in [0.15, 0.2) is 70.5 Å². The molecule has 0 N–H and O–H groups in total. The Morgan fingerprint density at radius 3 is 2.73 bits per heavy atom. The predicted octanol–water partition coefficient (Wildman–Crippen LogP) is 6.70. The van der Waals surface area contributed by atoms with Gasteiger partial charge in [-0.3, -0.25) is 9.36 Å². The minimum Gasteiger partial charge on any atom is -0.283 e. The molecule has 0 amide bonds. The van der Waals surface area contributed by atoms with Crippen LogP contribution in [0, 0.1) is 12.7 Å². The van der Waals surface area contributed by atoms with E-state index in [0.29, 0.717) is 32.5 Å². The van der Waals surface area contributed by atoms with E-state index in [2.05, 4.69) is 6.58 Å². The van der Waals surface area contributed by atoms with Crippen LogP contribution in [0.3, 0.4) is 0 Å². The highest BCUT2D eigenvalue weighted by Gasteiger charge is 2.18. The molecule has 0 spiro atoms. The molecule has 0 fully saturated rings. The fraction of sp³-hybridized carbons (Fsp3) is 0.130. The van der Waals surface area contributed by atoms with Crippen molar-refractivity contribution in [2.75, 3.05) is 0 Å². The Morgan fingerprint density at radius 1 is 1.27 bits per heavy atom. The first-order chi connectivity index (χ1) is 14.5. The predicted molar refractivity (Wildman–Crippen MR) is 125 cm³/mol. The SMILES string of the molecule is C=CCn1c(SCc2c(F)cccc2Cl)nc2scc(-c3ccc(C)cc3)c2c1=O. The smallest absolute Gasteiger partial charge is 0.263 e. The summed E-state index contributed by atoms with van der Waals surface area (Å²) in [4.78, 5) is 18.8. The normalized spacial score (nSPS) is 11.2. The van der Waals surface area contributed by atoms with Crippen molar-refractivity contribution in [1.29, 1.82) is 0 Å². The number of halogens is 2. The summed E-state index contributed by atoms with van der Waals surface area (Å²) in [5, 5.41) is 3.44. The summed E-state index contributed by atoms with van der Waals surface area (Å²) in [6.45, 7) is 6.11. The van der Waals surface area contributed by atoms with Gasteiger partial charge in [0.15, 0.2) is 5.16 Å². The molecule has 152 valence electrons. The van der Waals surface area contributed by atoms with Gasteiger partial charge in [0.25, 0.3) is 5.56 Å². The standard InChI is InChI=1S/C23H18ClFN2OS2/c1-3-11-27-22(28)20-16(15-9-7-14(2)8-10-15)12-29-21(20)26-23(27)30-13-17-18(24)5-4-6-19(17)25/h3-10,12H,1,11,13H2,2H3. The van der Waals surface area contributed by atoms with Gasteiger partial charge in [-0.15, -0.1) is 17.9 Å². The molecule has 0 bridgehead atoms. The lowest BCUT2D eigenvalue weighted by Gasteiger charge is -2.11. The molecule has 4 rings (SSSR count). The maximum absolute atomic E-state index is 14.2. The summed E-state index contributed by atoms with van der Waals surface area (Å²) in [6.07, 6.45) is 1.66. The Morgan fingerprint density at radius 2 is 2.03 bits per heavy atom. The third kappa shape index (κ3) is 3.95. The van der Waals surface area contributed by atoms with Crippen molar-refractivity contribution in [2.24, 2.45) is 0 Å². The first-order valence-corrected chi connectivity index (χ1v) is 11.5. The molecule has 0 unspecified atom stereocenters. The van der Waals surface area contributed by atoms with Crippen molar-refractivity contribution in [3.05, 3.63) is 92.8 Å². The lowest BCUT2D eigenvalue weighted by atomic mass is 10.1. The number of allylic oxidation sites excluding steroid dienone is 1. The Kier molecular flexibility index (Phi) is 6.09. The molecular weight excluding hydrogens is 439 g/mol. The molecule has 2 aromatic carbocycles. The van der Waals surface area contributed by atoms with Crippen LogP contribution in [0.5, 0.6) is 0 Å². The maximum atomic E-state index is 14.2. The van der Waals surface area contributed by atoms with Crippen molar-refractivity contribution in [2.45, 2.75) is 24.4 Å². The van der Waals surface area contributed by atoms with E-state index in [0.717, 1.165) is 16.7 Å². The largest absolute Gasteiger partial charge is 0.283 e. The summed E-state index contributed by atoms with van der Waals surface area (Å²) >= 11 is 8.87. The Hall–Kier alpha value is -2.41. The first-order valence-electron chi connectivity index (χ1n) is 9.25. The van der Waals surface area contributed by atoms with Crippen LogP contribution < -0.4 is 5.56 Å². The highest BCUT2D eigenvalue weighted by atomic mass is 35.5. The molecule has 0 aliphatic heterocycles. The second-order valence-electron chi connectivity index (χ2n) is 6.78. The molecule has 0 saturated heterocycles. The lowest BCUT2D eigenvalue weighted by molar-refractivity contribution is 0.617. The fourth-order valence-electron chi connectivity index (χ4n) is 3.16. The van der Waals surface area contributed by atoms with Gasteiger partial charge in [-0.25, -0.2) is 9.37 Å². The number of rotatable bonds is 6. The number of hydrogen-bond donors (Lipinski definition) is 0. The quantitative estimate of drug-likeness (QED) is 0.184. The van der Waals surface area contributed by atoms with Crippen LogP contribution in [-0.4, -0.2) is 9.55 Å². The summed E-state index contributed by atoms with van der Waals surface area (Å²) in [7, 11) is 0. The van der Waals surface area contributed by atoms with Crippen LogP contribution in [-0.2, 0) is 12.3 Å². The van der Waals surface area contributed by atoms with E-state index >= 15 is 0 Å². The van der Waals surface area contributed by atoms with E-state index in [-0.39, 0.29) is 17.1 Å². The Balaban J connectivity index is 1.79. The molecule has 0 radical (unpaired) electrons. The van der Waals surface area contributed by atoms with Gasteiger partial charge in [0, 0.05) is 33.8 Å². The van der Waals surface area contributed by atoms with Gasteiger partial charge in [0.1, 0.15) is 10.6 Å². The van der Waals surface area contributed by atoms with Crippen LogP contribution in [0.25, 0.3) is 21.3 Å². The van der Waals surface area contributed by atoms with Gasteiger partial charge in [-0.05, 0) is 24.6 Å². The van der Waals surface area contributed by atoms with Crippen LogP contribution in [0.2, 0.25) is 5.02 Å². The highest BCUT2D eigenvalue weighted by Crippen LogP contribution is 2.33. The number of thiophene rings is 1. The summed E-state index contributed by atoms with van der Waals surface area (Å²) in [5.41, 5.74) is 3.29. The summed E-state index contributed by atoms with van der Waals surface area (Å²) in [5.74, 6) is -0.0944. The van der Waals surface area contributed by atoms with E-state index in [4.69, 9.17) is 16.6 Å². The van der Waals surface area contributed by atoms with Crippen LogP contribution in [0.1, 0.15) is 11.1 Å². The third-order valence-electron chi connectivity index (χ3n) is 4.74. The van der Waals surface area contributed by atoms with Gasteiger partial charge in [-0.1, -0.05) is 65.3 Å². The van der Waals surface area contributed by atoms with Gasteiger partial charge in [0.2, 0.25) is 0 Å². The number of hydrogen-bond acceptors (Lipinski definition) is 4. The Bertz CT molecular complexity index is 1280. The number of benzene rings is 2. The van der Waals surface area contributed by atoms with Gasteiger partial charge in [-0.2, -0.15) is 0 Å². The third-order valence-corrected chi connectivity index (χ3v) is 6.97. The van der Waals surface area contributed by atoms with E-state index in [1.54, 1.807) is 22.8 Å². The van der Waals surface area contributed by atoms with Crippen LogP contribution in [0.4, 0.5) is 4.39 Å². The van der Waals surface area contributed by atoms with Crippen molar-refractivity contribution >= 4 is 44.9 Å². The summed E-state index contributed by atoms with van der Waals surface area (Å²) in [6, 6.07) is 12.7. The number of aromatic nitrogens is 2. The fourth-order valence-corrected chi connectivity index (χ4v) is 5.50. The van der Waals surface area contributed by atoms with Crippen molar-refractivity contribution < 1.29 is 4.39 Å². The highest BCUT2D eigenvalue weighted by molar-refractivity contribution is 7.98. The number of nitrogens with zero attached hydrogens (tertiary/aromatic N) is 2. The van der Waals surface area contributed by atoms with Gasteiger partial charge >= 0.3 is 0 Å². The molecule has 3 nitrogen and oxygen atoms in total. The molecule has 0 atom stereocenters. The lowest BCUT2D eigenvalue weighted by Crippen LogP contribution is -2.22. The molecule has 0 aliphatic rings. The van der Waals surface area contributed by atoms with Crippen molar-refractivity contribution in [1.82, 2.24) is 9.55 Å². The van der Waals surface area contributed by atoms with Crippen molar-refractivity contribution in [3.8, 4) is 11.1 Å². The van der Waals surface area contributed by atoms with E-state index < -0.39 is 0 Å². The van der Waals surface area contributed by atoms with E-state index in [1.165, 1.54) is 29.2 Å². The number of thioether (sulfide) groups is 1. The second kappa shape index (κ2) is 8.76. The zero-order valence-corrected chi connectivity index (χ0v) is 18.6. The van der Waals surface area contributed by atoms with Crippen molar-refractivity contribution in [3.63, 3.8) is 0 Å². The molecular formula is C23H18ClFN2OS2. The molecule has 7 heteroatoms. The zero-order valence-electron chi connectivity index (χ0n) is 16.2. The monoisotopic (exact) mass is 456 g/mol.